The number of carbonyl (C=O) groups excluding carboxylic acids is 2. The van der Waals surface area contributed by atoms with Gasteiger partial charge in [-0.3, -0.25) is 4.79 Å². The zero-order valence-electron chi connectivity index (χ0n) is 13.2. The molecule has 0 aliphatic carbocycles. The number of rotatable bonds is 5. The summed E-state index contributed by atoms with van der Waals surface area (Å²) in [7, 11) is 0. The molecule has 0 saturated heterocycles. The number of halogens is 2. The minimum atomic E-state index is -1.09. The van der Waals surface area contributed by atoms with E-state index in [1.54, 1.807) is 24.5 Å². The SMILES string of the molecule is O=C(COC(=O)c1ccc(-n2cccn2)nc1)Nc1ccc(F)c(F)c1. The number of benzene rings is 1. The minimum Gasteiger partial charge on any atom is -0.452 e. The Morgan fingerprint density at radius 1 is 1.15 bits per heavy atom. The van der Waals surface area contributed by atoms with Crippen molar-refractivity contribution in [1.82, 2.24) is 14.8 Å². The summed E-state index contributed by atoms with van der Waals surface area (Å²) in [6.45, 7) is -0.585. The van der Waals surface area contributed by atoms with E-state index < -0.39 is 30.1 Å². The van der Waals surface area contributed by atoms with Gasteiger partial charge in [-0.05, 0) is 30.3 Å². The Bertz CT molecular complexity index is 928. The van der Waals surface area contributed by atoms with Crippen LogP contribution in [0.15, 0.2) is 55.0 Å². The minimum absolute atomic E-state index is 0.0511. The number of hydrogen-bond acceptors (Lipinski definition) is 5. The van der Waals surface area contributed by atoms with E-state index in [-0.39, 0.29) is 11.3 Å². The molecule has 1 aromatic carbocycles. The monoisotopic (exact) mass is 358 g/mol. The number of nitrogens with zero attached hydrogens (tertiary/aromatic N) is 3. The number of amides is 1. The molecule has 0 radical (unpaired) electrons. The number of aromatic nitrogens is 3. The van der Waals surface area contributed by atoms with Crippen LogP contribution in [0.25, 0.3) is 5.82 Å². The second-order valence-electron chi connectivity index (χ2n) is 5.11. The molecule has 0 atom stereocenters. The van der Waals surface area contributed by atoms with Crippen molar-refractivity contribution < 1.29 is 23.1 Å². The Hall–Kier alpha value is -3.62. The van der Waals surface area contributed by atoms with Crippen molar-refractivity contribution in [3.63, 3.8) is 0 Å². The number of nitrogens with one attached hydrogen (secondary N) is 1. The molecule has 2 aromatic heterocycles. The molecule has 26 heavy (non-hydrogen) atoms. The molecule has 0 aliphatic rings. The molecule has 0 aliphatic heterocycles. The number of anilines is 1. The number of hydrogen-bond donors (Lipinski definition) is 1. The fourth-order valence-corrected chi connectivity index (χ4v) is 2.03. The van der Waals surface area contributed by atoms with Crippen molar-refractivity contribution in [2.24, 2.45) is 0 Å². The van der Waals surface area contributed by atoms with Crippen LogP contribution in [0.5, 0.6) is 0 Å². The van der Waals surface area contributed by atoms with Gasteiger partial charge in [-0.15, -0.1) is 0 Å². The summed E-state index contributed by atoms with van der Waals surface area (Å²) in [6, 6.07) is 7.69. The molecule has 7 nitrogen and oxygen atoms in total. The lowest BCUT2D eigenvalue weighted by molar-refractivity contribution is -0.119. The van der Waals surface area contributed by atoms with Gasteiger partial charge in [-0.25, -0.2) is 23.2 Å². The highest BCUT2D eigenvalue weighted by atomic mass is 19.2. The predicted octanol–water partition coefficient (Wildman–Crippen LogP) is 2.34. The van der Waals surface area contributed by atoms with Gasteiger partial charge in [0.1, 0.15) is 0 Å². The second kappa shape index (κ2) is 7.51. The van der Waals surface area contributed by atoms with E-state index in [1.807, 2.05) is 0 Å². The Morgan fingerprint density at radius 3 is 2.65 bits per heavy atom. The van der Waals surface area contributed by atoms with E-state index in [4.69, 9.17) is 4.74 Å². The van der Waals surface area contributed by atoms with E-state index in [0.29, 0.717) is 5.82 Å². The van der Waals surface area contributed by atoms with Crippen LogP contribution in [0, 0.1) is 11.6 Å². The van der Waals surface area contributed by atoms with Crippen LogP contribution in [0.2, 0.25) is 0 Å². The molecule has 0 bridgehead atoms. The van der Waals surface area contributed by atoms with Crippen LogP contribution < -0.4 is 5.32 Å². The van der Waals surface area contributed by atoms with Crippen LogP contribution in [0.1, 0.15) is 10.4 Å². The van der Waals surface area contributed by atoms with Crippen LogP contribution in [0.4, 0.5) is 14.5 Å². The van der Waals surface area contributed by atoms with E-state index in [1.165, 1.54) is 23.0 Å². The first-order valence-corrected chi connectivity index (χ1v) is 7.41. The fourth-order valence-electron chi connectivity index (χ4n) is 2.03. The van der Waals surface area contributed by atoms with E-state index in [2.05, 4.69) is 15.4 Å². The number of esters is 1. The highest BCUT2D eigenvalue weighted by molar-refractivity contribution is 5.95. The van der Waals surface area contributed by atoms with Crippen LogP contribution in [0.3, 0.4) is 0 Å². The fraction of sp³-hybridized carbons (Fsp3) is 0.0588. The van der Waals surface area contributed by atoms with E-state index in [9.17, 15) is 18.4 Å². The average Bonchev–Trinajstić information content (AvgIpc) is 3.18. The third-order valence-corrected chi connectivity index (χ3v) is 3.26. The number of pyridine rings is 1. The first-order chi connectivity index (χ1) is 12.5. The van der Waals surface area contributed by atoms with Crippen molar-refractivity contribution in [2.75, 3.05) is 11.9 Å². The summed E-state index contributed by atoms with van der Waals surface area (Å²) in [5.41, 5.74) is 0.205. The van der Waals surface area contributed by atoms with Crippen molar-refractivity contribution in [3.8, 4) is 5.82 Å². The van der Waals surface area contributed by atoms with Crippen molar-refractivity contribution in [3.05, 3.63) is 72.2 Å². The van der Waals surface area contributed by atoms with Gasteiger partial charge in [-0.1, -0.05) is 0 Å². The van der Waals surface area contributed by atoms with Gasteiger partial charge in [0.15, 0.2) is 24.1 Å². The van der Waals surface area contributed by atoms with Gasteiger partial charge < -0.3 is 10.1 Å². The Labute approximate surface area is 146 Å². The van der Waals surface area contributed by atoms with Crippen molar-refractivity contribution in [2.45, 2.75) is 0 Å². The summed E-state index contributed by atoms with van der Waals surface area (Å²) in [5.74, 6) is -3.04. The molecule has 0 fully saturated rings. The molecular weight excluding hydrogens is 346 g/mol. The first kappa shape index (κ1) is 17.2. The summed E-state index contributed by atoms with van der Waals surface area (Å²) in [6.07, 6.45) is 4.59. The third kappa shape index (κ3) is 4.07. The molecule has 0 unspecified atom stereocenters. The molecule has 1 N–H and O–H groups in total. The Kier molecular flexibility index (Phi) is 4.97. The molecule has 0 saturated carbocycles. The van der Waals surface area contributed by atoms with Crippen LogP contribution in [-0.2, 0) is 9.53 Å². The average molecular weight is 358 g/mol. The molecule has 3 rings (SSSR count). The van der Waals surface area contributed by atoms with Gasteiger partial charge >= 0.3 is 5.97 Å². The molecule has 3 aromatic rings. The maximum Gasteiger partial charge on any atom is 0.340 e. The summed E-state index contributed by atoms with van der Waals surface area (Å²) in [4.78, 5) is 27.7. The quantitative estimate of drug-likeness (QED) is 0.708. The number of ether oxygens (including phenoxy) is 1. The van der Waals surface area contributed by atoms with Crippen LogP contribution in [-0.4, -0.2) is 33.2 Å². The highest BCUT2D eigenvalue weighted by Gasteiger charge is 2.12. The summed E-state index contributed by atoms with van der Waals surface area (Å²) >= 11 is 0. The molecular formula is C17H12F2N4O3. The van der Waals surface area contributed by atoms with Crippen molar-refractivity contribution >= 4 is 17.6 Å². The lowest BCUT2D eigenvalue weighted by atomic mass is 10.3. The van der Waals surface area contributed by atoms with Gasteiger partial charge in [0.25, 0.3) is 5.91 Å². The zero-order valence-corrected chi connectivity index (χ0v) is 13.2. The lowest BCUT2D eigenvalue weighted by Crippen LogP contribution is -2.21. The molecule has 2 heterocycles. The molecule has 1 amide bonds. The van der Waals surface area contributed by atoms with Gasteiger partial charge in [0.2, 0.25) is 0 Å². The lowest BCUT2D eigenvalue weighted by Gasteiger charge is -2.07. The van der Waals surface area contributed by atoms with Crippen molar-refractivity contribution in [1.29, 1.82) is 0 Å². The zero-order chi connectivity index (χ0) is 18.5. The number of carbonyl (C=O) groups is 2. The smallest absolute Gasteiger partial charge is 0.340 e. The third-order valence-electron chi connectivity index (χ3n) is 3.26. The maximum atomic E-state index is 13.1. The highest BCUT2D eigenvalue weighted by Crippen LogP contribution is 2.13. The first-order valence-electron chi connectivity index (χ1n) is 7.41. The van der Waals surface area contributed by atoms with Gasteiger partial charge in [0.05, 0.1) is 5.56 Å². The van der Waals surface area contributed by atoms with Gasteiger partial charge in [0, 0.05) is 30.3 Å². The Morgan fingerprint density at radius 2 is 2.00 bits per heavy atom. The molecule has 9 heteroatoms. The van der Waals surface area contributed by atoms with E-state index in [0.717, 1.165) is 12.1 Å². The van der Waals surface area contributed by atoms with Crippen LogP contribution >= 0.6 is 0 Å². The molecule has 0 spiro atoms. The van der Waals surface area contributed by atoms with Gasteiger partial charge in [-0.2, -0.15) is 5.10 Å². The second-order valence-corrected chi connectivity index (χ2v) is 5.11. The Balaban J connectivity index is 1.54. The predicted molar refractivity (Wildman–Crippen MR) is 86.6 cm³/mol. The largest absolute Gasteiger partial charge is 0.452 e. The van der Waals surface area contributed by atoms with E-state index >= 15 is 0 Å². The maximum absolute atomic E-state index is 13.1. The standard InChI is InChI=1S/C17H12F2N4O3/c18-13-4-3-12(8-14(13)19)22-16(24)10-26-17(25)11-2-5-15(20-9-11)23-7-1-6-21-23/h1-9H,10H2,(H,22,24). The topological polar surface area (TPSA) is 86.1 Å². The molecule has 132 valence electrons. The summed E-state index contributed by atoms with van der Waals surface area (Å²) in [5, 5.41) is 6.30. The summed E-state index contributed by atoms with van der Waals surface area (Å²) < 4.78 is 32.3. The normalized spacial score (nSPS) is 10.4.